The highest BCUT2D eigenvalue weighted by Gasteiger charge is 2.16. The molecule has 0 aliphatic carbocycles. The maximum Gasteiger partial charge on any atom is 0.266 e. The Kier molecular flexibility index (Phi) is 5.56. The quantitative estimate of drug-likeness (QED) is 0.379. The van der Waals surface area contributed by atoms with E-state index >= 15 is 0 Å². The average Bonchev–Trinajstić information content (AvgIpc) is 2.61. The number of nitrogens with zero attached hydrogens (tertiary/aromatic N) is 2. The van der Waals surface area contributed by atoms with Crippen LogP contribution in [0.2, 0.25) is 0 Å². The topological polar surface area (TPSA) is 44.1 Å². The molecule has 3 rings (SSSR count). The van der Waals surface area contributed by atoms with Crippen molar-refractivity contribution in [3.8, 4) is 5.69 Å². The lowest BCUT2D eigenvalue weighted by Crippen LogP contribution is -2.23. The smallest absolute Gasteiger partial charge is 0.266 e. The number of hydrogen-bond donors (Lipinski definition) is 0. The number of hydrogen-bond acceptors (Lipinski definition) is 4. The Hall–Kier alpha value is -2.11. The molecule has 0 aliphatic rings. The normalized spacial score (nSPS) is 11.2. The number of aromatic nitrogens is 2. The van der Waals surface area contributed by atoms with Gasteiger partial charge in [0.25, 0.3) is 5.56 Å². The maximum absolute atomic E-state index is 13.2. The molecule has 0 atom stereocenters. The van der Waals surface area contributed by atoms with Crippen LogP contribution in [-0.4, -0.2) is 29.0 Å². The van der Waals surface area contributed by atoms with E-state index in [1.54, 1.807) is 23.4 Å². The molecule has 1 aromatic heterocycles. The SMILES string of the molecule is COCCCSc1nc2ccccc2c(=O)n1-c1c(C)cccc1C. The predicted molar refractivity (Wildman–Crippen MR) is 104 cm³/mol. The molecule has 0 unspecified atom stereocenters. The predicted octanol–water partition coefficient (Wildman–Crippen LogP) is 4.13. The minimum Gasteiger partial charge on any atom is -0.385 e. The van der Waals surface area contributed by atoms with Crippen LogP contribution >= 0.6 is 11.8 Å². The number of rotatable bonds is 6. The standard InChI is InChI=1S/C20H22N2O2S/c1-14-8-6-9-15(2)18(14)22-19(23)16-10-4-5-11-17(16)21-20(22)25-13-7-12-24-3/h4-6,8-11H,7,12-13H2,1-3H3. The van der Waals surface area contributed by atoms with Crippen molar-refractivity contribution in [1.82, 2.24) is 9.55 Å². The molecule has 0 amide bonds. The van der Waals surface area contributed by atoms with E-state index < -0.39 is 0 Å². The summed E-state index contributed by atoms with van der Waals surface area (Å²) in [5, 5.41) is 1.38. The minimum atomic E-state index is -0.0164. The van der Waals surface area contributed by atoms with Gasteiger partial charge in [-0.05, 0) is 43.5 Å². The third kappa shape index (κ3) is 3.62. The lowest BCUT2D eigenvalue weighted by molar-refractivity contribution is 0.200. The lowest BCUT2D eigenvalue weighted by Gasteiger charge is -2.17. The third-order valence-electron chi connectivity index (χ3n) is 4.13. The molecule has 4 nitrogen and oxygen atoms in total. The first-order valence-corrected chi connectivity index (χ1v) is 9.32. The lowest BCUT2D eigenvalue weighted by atomic mass is 10.1. The molecular weight excluding hydrogens is 332 g/mol. The highest BCUT2D eigenvalue weighted by molar-refractivity contribution is 7.99. The van der Waals surface area contributed by atoms with E-state index in [1.165, 1.54) is 0 Å². The van der Waals surface area contributed by atoms with Crippen LogP contribution in [-0.2, 0) is 4.74 Å². The minimum absolute atomic E-state index is 0.0164. The number of methoxy groups -OCH3 is 1. The number of thioether (sulfide) groups is 1. The van der Waals surface area contributed by atoms with Gasteiger partial charge in [-0.2, -0.15) is 0 Å². The van der Waals surface area contributed by atoms with E-state index in [-0.39, 0.29) is 5.56 Å². The molecule has 3 aromatic rings. The van der Waals surface area contributed by atoms with Gasteiger partial charge < -0.3 is 4.74 Å². The number of benzene rings is 2. The molecule has 130 valence electrons. The Balaban J connectivity index is 2.20. The fourth-order valence-electron chi connectivity index (χ4n) is 2.93. The van der Waals surface area contributed by atoms with Crippen LogP contribution in [0.25, 0.3) is 16.6 Å². The zero-order valence-corrected chi connectivity index (χ0v) is 15.6. The van der Waals surface area contributed by atoms with Crippen molar-refractivity contribution in [1.29, 1.82) is 0 Å². The van der Waals surface area contributed by atoms with E-state index in [9.17, 15) is 4.79 Å². The summed E-state index contributed by atoms with van der Waals surface area (Å²) in [5.74, 6) is 0.851. The summed E-state index contributed by atoms with van der Waals surface area (Å²) < 4.78 is 6.89. The van der Waals surface area contributed by atoms with E-state index in [1.807, 2.05) is 56.3 Å². The van der Waals surface area contributed by atoms with Crippen LogP contribution in [0.4, 0.5) is 0 Å². The highest BCUT2D eigenvalue weighted by atomic mass is 32.2. The number of ether oxygens (including phenoxy) is 1. The first-order valence-electron chi connectivity index (χ1n) is 8.33. The van der Waals surface area contributed by atoms with Crippen LogP contribution < -0.4 is 5.56 Å². The van der Waals surface area contributed by atoms with Gasteiger partial charge in [-0.15, -0.1) is 0 Å². The van der Waals surface area contributed by atoms with Crippen molar-refractivity contribution in [2.24, 2.45) is 0 Å². The van der Waals surface area contributed by atoms with Gasteiger partial charge in [0.05, 0.1) is 16.6 Å². The van der Waals surface area contributed by atoms with Gasteiger partial charge in [0.15, 0.2) is 5.16 Å². The molecule has 1 heterocycles. The van der Waals surface area contributed by atoms with Gasteiger partial charge >= 0.3 is 0 Å². The maximum atomic E-state index is 13.2. The van der Waals surface area contributed by atoms with Gasteiger partial charge in [-0.3, -0.25) is 9.36 Å². The molecule has 2 aromatic carbocycles. The van der Waals surface area contributed by atoms with Crippen molar-refractivity contribution in [3.63, 3.8) is 0 Å². The first kappa shape index (κ1) is 17.7. The Morgan fingerprint density at radius 1 is 1.08 bits per heavy atom. The fraction of sp³-hybridized carbons (Fsp3) is 0.300. The van der Waals surface area contributed by atoms with Crippen LogP contribution in [0.5, 0.6) is 0 Å². The molecule has 0 N–H and O–H groups in total. The monoisotopic (exact) mass is 354 g/mol. The average molecular weight is 354 g/mol. The van der Waals surface area contributed by atoms with E-state index in [0.717, 1.165) is 39.7 Å². The Morgan fingerprint density at radius 3 is 2.52 bits per heavy atom. The van der Waals surface area contributed by atoms with E-state index in [4.69, 9.17) is 9.72 Å². The molecule has 0 spiro atoms. The van der Waals surface area contributed by atoms with Crippen molar-refractivity contribution < 1.29 is 4.74 Å². The summed E-state index contributed by atoms with van der Waals surface area (Å²) in [5.41, 5.74) is 3.79. The molecule has 0 aliphatic heterocycles. The molecule has 25 heavy (non-hydrogen) atoms. The van der Waals surface area contributed by atoms with Crippen molar-refractivity contribution in [2.45, 2.75) is 25.4 Å². The molecule has 5 heteroatoms. The van der Waals surface area contributed by atoms with Crippen LogP contribution in [0.3, 0.4) is 0 Å². The van der Waals surface area contributed by atoms with Gasteiger partial charge in [-0.1, -0.05) is 42.1 Å². The van der Waals surface area contributed by atoms with E-state index in [2.05, 4.69) is 0 Å². The summed E-state index contributed by atoms with van der Waals surface area (Å²) >= 11 is 1.60. The van der Waals surface area contributed by atoms with Gasteiger partial charge in [-0.25, -0.2) is 4.98 Å². The summed E-state index contributed by atoms with van der Waals surface area (Å²) in [7, 11) is 1.70. The fourth-order valence-corrected chi connectivity index (χ4v) is 3.84. The van der Waals surface area contributed by atoms with Crippen molar-refractivity contribution >= 4 is 22.7 Å². The molecule has 0 saturated carbocycles. The second kappa shape index (κ2) is 7.85. The third-order valence-corrected chi connectivity index (χ3v) is 5.16. The zero-order chi connectivity index (χ0) is 17.8. The van der Waals surface area contributed by atoms with Crippen LogP contribution in [0.15, 0.2) is 52.4 Å². The molecule has 0 radical (unpaired) electrons. The zero-order valence-electron chi connectivity index (χ0n) is 14.8. The first-order chi connectivity index (χ1) is 12.1. The van der Waals surface area contributed by atoms with Crippen LogP contribution in [0.1, 0.15) is 17.5 Å². The second-order valence-corrected chi connectivity index (χ2v) is 7.05. The summed E-state index contributed by atoms with van der Waals surface area (Å²) in [6, 6.07) is 13.6. The van der Waals surface area contributed by atoms with Crippen molar-refractivity contribution in [3.05, 3.63) is 63.9 Å². The van der Waals surface area contributed by atoms with Gasteiger partial charge in [0, 0.05) is 19.5 Å². The molecule has 0 saturated heterocycles. The van der Waals surface area contributed by atoms with Gasteiger partial charge in [0.2, 0.25) is 0 Å². The summed E-state index contributed by atoms with van der Waals surface area (Å²) in [6.45, 7) is 4.76. The molecule has 0 fully saturated rings. The summed E-state index contributed by atoms with van der Waals surface area (Å²) in [6.07, 6.45) is 0.913. The highest BCUT2D eigenvalue weighted by Crippen LogP contribution is 2.25. The Bertz CT molecular complexity index is 930. The van der Waals surface area contributed by atoms with Crippen LogP contribution in [0, 0.1) is 13.8 Å². The number of aryl methyl sites for hydroxylation is 2. The Morgan fingerprint density at radius 2 is 1.80 bits per heavy atom. The largest absolute Gasteiger partial charge is 0.385 e. The van der Waals surface area contributed by atoms with Gasteiger partial charge in [0.1, 0.15) is 0 Å². The second-order valence-electron chi connectivity index (χ2n) is 5.99. The Labute approximate surface area is 151 Å². The number of fused-ring (bicyclic) bond motifs is 1. The molecule has 0 bridgehead atoms. The van der Waals surface area contributed by atoms with E-state index in [0.29, 0.717) is 12.0 Å². The number of para-hydroxylation sites is 2. The van der Waals surface area contributed by atoms with Crippen molar-refractivity contribution in [2.75, 3.05) is 19.5 Å². The summed E-state index contributed by atoms with van der Waals surface area (Å²) in [4.78, 5) is 18.0. The molecular formula is C20H22N2O2S.